The van der Waals surface area contributed by atoms with Gasteiger partial charge < -0.3 is 14.6 Å². The van der Waals surface area contributed by atoms with Gasteiger partial charge in [0.25, 0.3) is 0 Å². The lowest BCUT2D eigenvalue weighted by Gasteiger charge is -2.19. The molecule has 0 atom stereocenters. The minimum Gasteiger partial charge on any atom is -0.444 e. The summed E-state index contributed by atoms with van der Waals surface area (Å²) in [5.41, 5.74) is -0.507. The molecular weight excluding hydrogens is 246 g/mol. The van der Waals surface area contributed by atoms with Crippen LogP contribution in [0.3, 0.4) is 0 Å². The van der Waals surface area contributed by atoms with E-state index in [2.05, 4.69) is 10.3 Å². The largest absolute Gasteiger partial charge is 0.444 e. The van der Waals surface area contributed by atoms with E-state index in [-0.39, 0.29) is 5.78 Å². The Kier molecular flexibility index (Phi) is 5.09. The third-order valence-corrected chi connectivity index (χ3v) is 2.32. The molecule has 0 radical (unpaired) electrons. The predicted octanol–water partition coefficient (Wildman–Crippen LogP) is 1.91. The number of aryl methyl sites for hydroxylation is 1. The Hall–Kier alpha value is -1.85. The van der Waals surface area contributed by atoms with Crippen molar-refractivity contribution < 1.29 is 14.3 Å². The highest BCUT2D eigenvalue weighted by Gasteiger charge is 2.16. The Morgan fingerprint density at radius 2 is 2.11 bits per heavy atom. The van der Waals surface area contributed by atoms with Gasteiger partial charge in [-0.1, -0.05) is 0 Å². The molecule has 0 fully saturated rings. The summed E-state index contributed by atoms with van der Waals surface area (Å²) in [7, 11) is 1.78. The number of nitrogens with one attached hydrogen (secondary N) is 1. The molecule has 0 saturated carbocycles. The molecule has 0 bridgehead atoms. The van der Waals surface area contributed by atoms with Crippen molar-refractivity contribution in [3.63, 3.8) is 0 Å². The van der Waals surface area contributed by atoms with Gasteiger partial charge in [-0.2, -0.15) is 0 Å². The van der Waals surface area contributed by atoms with E-state index in [1.54, 1.807) is 44.8 Å². The zero-order valence-corrected chi connectivity index (χ0v) is 11.9. The number of hydrogen-bond donors (Lipinski definition) is 1. The van der Waals surface area contributed by atoms with E-state index in [4.69, 9.17) is 4.74 Å². The number of carbonyl (C=O) groups is 2. The van der Waals surface area contributed by atoms with Gasteiger partial charge in [0.2, 0.25) is 0 Å². The van der Waals surface area contributed by atoms with Crippen molar-refractivity contribution in [2.24, 2.45) is 7.05 Å². The lowest BCUT2D eigenvalue weighted by molar-refractivity contribution is 0.0525. The first kappa shape index (κ1) is 15.2. The van der Waals surface area contributed by atoms with Crippen LogP contribution >= 0.6 is 0 Å². The lowest BCUT2D eigenvalue weighted by Crippen LogP contribution is -2.33. The number of hydrogen-bond acceptors (Lipinski definition) is 4. The number of ether oxygens (including phenoxy) is 1. The number of carbonyl (C=O) groups excluding carboxylic acids is 2. The molecule has 0 unspecified atom stereocenters. The highest BCUT2D eigenvalue weighted by Crippen LogP contribution is 2.06. The smallest absolute Gasteiger partial charge is 0.407 e. The summed E-state index contributed by atoms with van der Waals surface area (Å²) in [6, 6.07) is 0. The summed E-state index contributed by atoms with van der Waals surface area (Å²) in [6.07, 6.45) is 3.76. The van der Waals surface area contributed by atoms with Crippen molar-refractivity contribution in [1.29, 1.82) is 0 Å². The van der Waals surface area contributed by atoms with E-state index in [0.29, 0.717) is 25.2 Å². The van der Waals surface area contributed by atoms with Gasteiger partial charge in [0.05, 0.1) is 0 Å². The van der Waals surface area contributed by atoms with E-state index in [0.717, 1.165) is 0 Å². The molecule has 1 rings (SSSR count). The monoisotopic (exact) mass is 267 g/mol. The average Bonchev–Trinajstić information content (AvgIpc) is 2.68. The first-order valence-electron chi connectivity index (χ1n) is 6.27. The fourth-order valence-corrected chi connectivity index (χ4v) is 1.50. The zero-order chi connectivity index (χ0) is 14.5. The summed E-state index contributed by atoms with van der Waals surface area (Å²) in [4.78, 5) is 27.1. The van der Waals surface area contributed by atoms with Crippen LogP contribution in [0.25, 0.3) is 0 Å². The van der Waals surface area contributed by atoms with Gasteiger partial charge in [-0.3, -0.25) is 4.79 Å². The molecule has 19 heavy (non-hydrogen) atoms. The molecule has 0 aliphatic rings. The van der Waals surface area contributed by atoms with Crippen LogP contribution in [-0.2, 0) is 11.8 Å². The molecule has 1 amide bonds. The molecule has 106 valence electrons. The number of alkyl carbamates (subject to hydrolysis) is 1. The number of rotatable bonds is 5. The maximum Gasteiger partial charge on any atom is 0.407 e. The summed E-state index contributed by atoms with van der Waals surface area (Å²) < 4.78 is 6.77. The summed E-state index contributed by atoms with van der Waals surface area (Å²) in [5.74, 6) is 0.413. The number of imidazole rings is 1. The first-order chi connectivity index (χ1) is 8.79. The quantitative estimate of drug-likeness (QED) is 0.653. The van der Waals surface area contributed by atoms with Crippen LogP contribution in [0.4, 0.5) is 4.79 Å². The Bertz CT molecular complexity index is 446. The third-order valence-electron chi connectivity index (χ3n) is 2.32. The van der Waals surface area contributed by atoms with E-state index in [9.17, 15) is 9.59 Å². The van der Waals surface area contributed by atoms with E-state index < -0.39 is 11.7 Å². The Labute approximate surface area is 113 Å². The summed E-state index contributed by atoms with van der Waals surface area (Å²) in [6.45, 7) is 5.82. The van der Waals surface area contributed by atoms with Gasteiger partial charge in [-0.15, -0.1) is 0 Å². The topological polar surface area (TPSA) is 73.2 Å². The Morgan fingerprint density at radius 3 is 2.63 bits per heavy atom. The number of ketones is 1. The van der Waals surface area contributed by atoms with Gasteiger partial charge in [-0.05, 0) is 27.2 Å². The van der Waals surface area contributed by atoms with Crippen molar-refractivity contribution in [1.82, 2.24) is 14.9 Å². The third kappa shape index (κ3) is 5.54. The highest BCUT2D eigenvalue weighted by atomic mass is 16.6. The fraction of sp³-hybridized carbons (Fsp3) is 0.615. The molecule has 0 aliphatic carbocycles. The molecule has 1 heterocycles. The maximum atomic E-state index is 11.8. The SMILES string of the molecule is Cn1ccnc1C(=O)CCCNC(=O)OC(C)(C)C. The minimum atomic E-state index is -0.507. The average molecular weight is 267 g/mol. The van der Waals surface area contributed by atoms with Gasteiger partial charge in [0.1, 0.15) is 5.60 Å². The van der Waals surface area contributed by atoms with Crippen LogP contribution in [0.2, 0.25) is 0 Å². The van der Waals surface area contributed by atoms with E-state index in [1.165, 1.54) is 0 Å². The van der Waals surface area contributed by atoms with Crippen molar-refractivity contribution in [2.45, 2.75) is 39.2 Å². The highest BCUT2D eigenvalue weighted by molar-refractivity contribution is 5.92. The van der Waals surface area contributed by atoms with Crippen molar-refractivity contribution in [3.05, 3.63) is 18.2 Å². The molecule has 0 aliphatic heterocycles. The molecular formula is C13H21N3O3. The van der Waals surface area contributed by atoms with E-state index >= 15 is 0 Å². The molecule has 0 spiro atoms. The second-order valence-electron chi connectivity index (χ2n) is 5.32. The molecule has 1 aromatic rings. The summed E-state index contributed by atoms with van der Waals surface area (Å²) in [5, 5.41) is 2.61. The number of Topliss-reactive ketones (excluding diaryl/α,β-unsaturated/α-hetero) is 1. The van der Waals surface area contributed by atoms with Crippen molar-refractivity contribution in [3.8, 4) is 0 Å². The van der Waals surface area contributed by atoms with Crippen LogP contribution in [-0.4, -0.2) is 33.6 Å². The van der Waals surface area contributed by atoms with Gasteiger partial charge in [0.15, 0.2) is 11.6 Å². The second-order valence-corrected chi connectivity index (χ2v) is 5.32. The maximum absolute atomic E-state index is 11.8. The number of nitrogens with zero attached hydrogens (tertiary/aromatic N) is 2. The molecule has 1 N–H and O–H groups in total. The fourth-order valence-electron chi connectivity index (χ4n) is 1.50. The molecule has 6 heteroatoms. The van der Waals surface area contributed by atoms with Crippen molar-refractivity contribution >= 4 is 11.9 Å². The van der Waals surface area contributed by atoms with Crippen LogP contribution in [0.15, 0.2) is 12.4 Å². The normalized spacial score (nSPS) is 11.2. The zero-order valence-electron chi connectivity index (χ0n) is 11.9. The van der Waals surface area contributed by atoms with Crippen molar-refractivity contribution in [2.75, 3.05) is 6.54 Å². The lowest BCUT2D eigenvalue weighted by atomic mass is 10.2. The van der Waals surface area contributed by atoms with Gasteiger partial charge in [0, 0.05) is 32.4 Å². The molecule has 0 aromatic carbocycles. The van der Waals surface area contributed by atoms with Crippen LogP contribution in [0.5, 0.6) is 0 Å². The van der Waals surface area contributed by atoms with Gasteiger partial charge >= 0.3 is 6.09 Å². The standard InChI is InChI=1S/C13H21N3O3/c1-13(2,3)19-12(18)15-7-5-6-10(17)11-14-8-9-16(11)4/h8-9H,5-7H2,1-4H3,(H,15,18). The first-order valence-corrected chi connectivity index (χ1v) is 6.27. The van der Waals surface area contributed by atoms with Gasteiger partial charge in [-0.25, -0.2) is 9.78 Å². The summed E-state index contributed by atoms with van der Waals surface area (Å²) >= 11 is 0. The minimum absolute atomic E-state index is 0.0292. The van der Waals surface area contributed by atoms with Crippen LogP contribution in [0.1, 0.15) is 44.2 Å². The number of aromatic nitrogens is 2. The molecule has 0 saturated heterocycles. The van der Waals surface area contributed by atoms with E-state index in [1.807, 2.05) is 0 Å². The Morgan fingerprint density at radius 1 is 1.42 bits per heavy atom. The number of amides is 1. The second kappa shape index (κ2) is 6.36. The van der Waals surface area contributed by atoms with Crippen LogP contribution in [0, 0.1) is 0 Å². The predicted molar refractivity (Wildman–Crippen MR) is 71.0 cm³/mol. The van der Waals surface area contributed by atoms with Crippen LogP contribution < -0.4 is 5.32 Å². The molecule has 6 nitrogen and oxygen atoms in total. The molecule has 1 aromatic heterocycles. The Balaban J connectivity index is 2.23.